The number of hydrogen-bond acceptors (Lipinski definition) is 4. The van der Waals surface area contributed by atoms with E-state index >= 15 is 0 Å². The molecule has 6 nitrogen and oxygen atoms in total. The lowest BCUT2D eigenvalue weighted by atomic mass is 10.2. The summed E-state index contributed by atoms with van der Waals surface area (Å²) in [6, 6.07) is 3.84. The molecule has 0 amide bonds. The number of rotatable bonds is 4. The molecule has 1 heterocycles. The lowest BCUT2D eigenvalue weighted by Gasteiger charge is -2.08. The van der Waals surface area contributed by atoms with Gasteiger partial charge in [0.15, 0.2) is 5.82 Å². The lowest BCUT2D eigenvalue weighted by molar-refractivity contribution is 0.0686. The highest BCUT2D eigenvalue weighted by atomic mass is 19.1. The number of aromatic nitrogens is 3. The molecule has 0 bridgehead atoms. The van der Waals surface area contributed by atoms with Gasteiger partial charge in [0.2, 0.25) is 0 Å². The van der Waals surface area contributed by atoms with Crippen molar-refractivity contribution in [3.8, 4) is 5.75 Å². The van der Waals surface area contributed by atoms with Crippen LogP contribution in [0.5, 0.6) is 5.75 Å². The smallest absolute Gasteiger partial charge is 0.342 e. The fourth-order valence-corrected chi connectivity index (χ4v) is 1.43. The van der Waals surface area contributed by atoms with E-state index < -0.39 is 17.3 Å². The van der Waals surface area contributed by atoms with Crippen LogP contribution in [0, 0.1) is 5.82 Å². The standard InChI is InChI=1S/C11H10FN3O3/c1-15-9(13-6-14-15)5-18-8-4-2-3-7(12)10(8)11(16)17/h2-4,6H,5H2,1H3,(H,16,17). The van der Waals surface area contributed by atoms with Crippen LogP contribution in [0.25, 0.3) is 0 Å². The number of halogens is 1. The zero-order valence-corrected chi connectivity index (χ0v) is 9.50. The Hall–Kier alpha value is -2.44. The molecule has 94 valence electrons. The van der Waals surface area contributed by atoms with Gasteiger partial charge in [-0.05, 0) is 12.1 Å². The van der Waals surface area contributed by atoms with Gasteiger partial charge < -0.3 is 9.84 Å². The van der Waals surface area contributed by atoms with E-state index in [0.29, 0.717) is 5.82 Å². The van der Waals surface area contributed by atoms with E-state index in [1.54, 1.807) is 7.05 Å². The maximum absolute atomic E-state index is 13.4. The van der Waals surface area contributed by atoms with Crippen molar-refractivity contribution in [2.45, 2.75) is 6.61 Å². The maximum atomic E-state index is 13.4. The van der Waals surface area contributed by atoms with Gasteiger partial charge in [-0.15, -0.1) is 0 Å². The number of hydrogen-bond donors (Lipinski definition) is 1. The number of aryl methyl sites for hydroxylation is 1. The van der Waals surface area contributed by atoms with E-state index in [1.807, 2.05) is 0 Å². The van der Waals surface area contributed by atoms with Gasteiger partial charge >= 0.3 is 5.97 Å². The topological polar surface area (TPSA) is 77.2 Å². The predicted molar refractivity (Wildman–Crippen MR) is 58.7 cm³/mol. The molecule has 7 heteroatoms. The summed E-state index contributed by atoms with van der Waals surface area (Å²) < 4.78 is 20.1. The van der Waals surface area contributed by atoms with Crippen LogP contribution in [0.3, 0.4) is 0 Å². The molecule has 0 unspecified atom stereocenters. The Bertz CT molecular complexity index is 583. The highest BCUT2D eigenvalue weighted by Gasteiger charge is 2.17. The predicted octanol–water partition coefficient (Wildman–Crippen LogP) is 1.23. The zero-order chi connectivity index (χ0) is 13.1. The average molecular weight is 251 g/mol. The summed E-state index contributed by atoms with van der Waals surface area (Å²) in [5.74, 6) is -1.74. The van der Waals surface area contributed by atoms with Gasteiger partial charge in [0.05, 0.1) is 0 Å². The number of aromatic carboxylic acids is 1. The third-order valence-corrected chi connectivity index (χ3v) is 2.35. The van der Waals surface area contributed by atoms with Crippen molar-refractivity contribution in [3.05, 3.63) is 41.7 Å². The number of benzene rings is 1. The minimum absolute atomic E-state index is 0.0141. The van der Waals surface area contributed by atoms with Crippen molar-refractivity contribution >= 4 is 5.97 Å². The zero-order valence-electron chi connectivity index (χ0n) is 9.50. The first-order valence-electron chi connectivity index (χ1n) is 5.07. The molecule has 1 aromatic carbocycles. The molecule has 0 saturated heterocycles. The second-order valence-corrected chi connectivity index (χ2v) is 3.51. The van der Waals surface area contributed by atoms with Crippen LogP contribution < -0.4 is 4.74 Å². The molecule has 0 spiro atoms. The Morgan fingerprint density at radius 1 is 1.56 bits per heavy atom. The molecule has 0 atom stereocenters. The van der Waals surface area contributed by atoms with Crippen LogP contribution in [0.15, 0.2) is 24.5 Å². The first-order chi connectivity index (χ1) is 8.59. The summed E-state index contributed by atoms with van der Waals surface area (Å²) in [4.78, 5) is 14.8. The van der Waals surface area contributed by atoms with Gasteiger partial charge in [0, 0.05) is 7.05 Å². The highest BCUT2D eigenvalue weighted by molar-refractivity contribution is 5.91. The number of carboxylic acid groups (broad SMARTS) is 1. The second kappa shape index (κ2) is 4.82. The van der Waals surface area contributed by atoms with Crippen LogP contribution in [-0.2, 0) is 13.7 Å². The Morgan fingerprint density at radius 2 is 2.33 bits per heavy atom. The van der Waals surface area contributed by atoms with Crippen LogP contribution in [0.1, 0.15) is 16.2 Å². The van der Waals surface area contributed by atoms with Gasteiger partial charge in [-0.25, -0.2) is 14.2 Å². The summed E-state index contributed by atoms with van der Waals surface area (Å²) in [5, 5.41) is 12.7. The number of carbonyl (C=O) groups is 1. The van der Waals surface area contributed by atoms with E-state index in [9.17, 15) is 9.18 Å². The Morgan fingerprint density at radius 3 is 2.94 bits per heavy atom. The second-order valence-electron chi connectivity index (χ2n) is 3.51. The fourth-order valence-electron chi connectivity index (χ4n) is 1.43. The van der Waals surface area contributed by atoms with Gasteiger partial charge in [-0.3, -0.25) is 4.68 Å². The van der Waals surface area contributed by atoms with Gasteiger partial charge in [0.25, 0.3) is 0 Å². The molecule has 1 aromatic heterocycles. The molecule has 1 N–H and O–H groups in total. The summed E-state index contributed by atoms with van der Waals surface area (Å²) >= 11 is 0. The minimum Gasteiger partial charge on any atom is -0.485 e. The molecular formula is C11H10FN3O3. The minimum atomic E-state index is -1.37. The van der Waals surface area contributed by atoms with Crippen molar-refractivity contribution < 1.29 is 19.0 Å². The SMILES string of the molecule is Cn1ncnc1COc1cccc(F)c1C(=O)O. The van der Waals surface area contributed by atoms with Crippen molar-refractivity contribution in [2.24, 2.45) is 7.05 Å². The number of carboxylic acids is 1. The molecule has 2 rings (SSSR count). The molecular weight excluding hydrogens is 241 g/mol. The lowest BCUT2D eigenvalue weighted by Crippen LogP contribution is -2.08. The van der Waals surface area contributed by atoms with Crippen molar-refractivity contribution in [1.29, 1.82) is 0 Å². The first kappa shape index (κ1) is 12.0. The third-order valence-electron chi connectivity index (χ3n) is 2.35. The molecule has 18 heavy (non-hydrogen) atoms. The van der Waals surface area contributed by atoms with Crippen LogP contribution in [0.4, 0.5) is 4.39 Å². The molecule has 0 fully saturated rings. The van der Waals surface area contributed by atoms with E-state index in [0.717, 1.165) is 6.07 Å². The number of nitrogens with zero attached hydrogens (tertiary/aromatic N) is 3. The Labute approximate surface area is 102 Å². The number of ether oxygens (including phenoxy) is 1. The van der Waals surface area contributed by atoms with Crippen molar-refractivity contribution in [3.63, 3.8) is 0 Å². The van der Waals surface area contributed by atoms with Crippen LogP contribution >= 0.6 is 0 Å². The molecule has 0 aliphatic carbocycles. The summed E-state index contributed by atoms with van der Waals surface area (Å²) in [6.45, 7) is 0.0141. The van der Waals surface area contributed by atoms with Crippen LogP contribution in [0.2, 0.25) is 0 Å². The van der Waals surface area contributed by atoms with E-state index in [-0.39, 0.29) is 12.4 Å². The molecule has 0 saturated carbocycles. The summed E-state index contributed by atoms with van der Waals surface area (Å²) in [6.07, 6.45) is 1.35. The summed E-state index contributed by atoms with van der Waals surface area (Å²) in [7, 11) is 1.68. The van der Waals surface area contributed by atoms with E-state index in [1.165, 1.54) is 23.1 Å². The van der Waals surface area contributed by atoms with Crippen molar-refractivity contribution in [1.82, 2.24) is 14.8 Å². The van der Waals surface area contributed by atoms with Crippen molar-refractivity contribution in [2.75, 3.05) is 0 Å². The quantitative estimate of drug-likeness (QED) is 0.884. The van der Waals surface area contributed by atoms with Gasteiger partial charge in [-0.2, -0.15) is 5.10 Å². The van der Waals surface area contributed by atoms with Gasteiger partial charge in [0.1, 0.15) is 30.1 Å². The molecule has 0 aliphatic heterocycles. The maximum Gasteiger partial charge on any atom is 0.342 e. The van der Waals surface area contributed by atoms with E-state index in [4.69, 9.17) is 9.84 Å². The average Bonchev–Trinajstić information content (AvgIpc) is 2.71. The molecule has 0 aliphatic rings. The Kier molecular flexibility index (Phi) is 3.22. The highest BCUT2D eigenvalue weighted by Crippen LogP contribution is 2.22. The monoisotopic (exact) mass is 251 g/mol. The van der Waals surface area contributed by atoms with Gasteiger partial charge in [-0.1, -0.05) is 6.07 Å². The fraction of sp³-hybridized carbons (Fsp3) is 0.182. The molecule has 2 aromatic rings. The summed E-state index contributed by atoms with van der Waals surface area (Å²) in [5.41, 5.74) is -0.486. The Balaban J connectivity index is 2.22. The van der Waals surface area contributed by atoms with Crippen LogP contribution in [-0.4, -0.2) is 25.8 Å². The third kappa shape index (κ3) is 2.29. The van der Waals surface area contributed by atoms with E-state index in [2.05, 4.69) is 10.1 Å². The largest absolute Gasteiger partial charge is 0.485 e. The first-order valence-corrected chi connectivity index (χ1v) is 5.07. The molecule has 0 radical (unpaired) electrons. The normalized spacial score (nSPS) is 10.3.